The number of rotatable bonds is 3. The highest BCUT2D eigenvalue weighted by Gasteiger charge is 2.23. The number of nitrogens with zero attached hydrogens (tertiary/aromatic N) is 1. The minimum atomic E-state index is -0.266. The molecule has 0 saturated carbocycles. The fraction of sp³-hybridized carbons (Fsp3) is 0.462. The van der Waals surface area contributed by atoms with Crippen LogP contribution >= 0.6 is 0 Å². The van der Waals surface area contributed by atoms with Crippen LogP contribution in [0.5, 0.6) is 0 Å². The summed E-state index contributed by atoms with van der Waals surface area (Å²) in [5.41, 5.74) is 6.60. The molecule has 0 radical (unpaired) electrons. The Hall–Kier alpha value is -1.62. The van der Waals surface area contributed by atoms with Gasteiger partial charge >= 0.3 is 0 Å². The molecule has 18 heavy (non-hydrogen) atoms. The summed E-state index contributed by atoms with van der Waals surface area (Å²) in [6, 6.07) is 4.95. The minimum absolute atomic E-state index is 0.0134. The highest BCUT2D eigenvalue weighted by molar-refractivity contribution is 5.73. The van der Waals surface area contributed by atoms with E-state index < -0.39 is 0 Å². The molecule has 0 spiro atoms. The van der Waals surface area contributed by atoms with E-state index in [2.05, 4.69) is 10.2 Å². The van der Waals surface area contributed by atoms with Gasteiger partial charge in [0.2, 0.25) is 5.91 Å². The Morgan fingerprint density at radius 2 is 2.39 bits per heavy atom. The smallest absolute Gasteiger partial charge is 0.217 e. The van der Waals surface area contributed by atoms with Crippen LogP contribution in [0.25, 0.3) is 0 Å². The van der Waals surface area contributed by atoms with Crippen LogP contribution < -0.4 is 11.1 Å². The van der Waals surface area contributed by atoms with Gasteiger partial charge in [-0.25, -0.2) is 4.39 Å². The first-order valence-corrected chi connectivity index (χ1v) is 6.08. The van der Waals surface area contributed by atoms with E-state index in [1.807, 2.05) is 0 Å². The maximum Gasteiger partial charge on any atom is 0.217 e. The lowest BCUT2D eigenvalue weighted by Crippen LogP contribution is -2.35. The molecule has 1 aliphatic heterocycles. The van der Waals surface area contributed by atoms with Gasteiger partial charge < -0.3 is 11.1 Å². The predicted octanol–water partition coefficient (Wildman–Crippen LogP) is 1.12. The van der Waals surface area contributed by atoms with Gasteiger partial charge in [-0.05, 0) is 18.6 Å². The van der Waals surface area contributed by atoms with Crippen molar-refractivity contribution in [2.24, 2.45) is 0 Å². The standard InChI is InChI=1S/C13H18FN3O/c1-9(18)16-12-4-5-17(8-12)7-10-2-3-11(15)6-13(10)14/h2-3,6,12H,4-5,7-8,15H2,1H3,(H,16,18). The highest BCUT2D eigenvalue weighted by atomic mass is 19.1. The van der Waals surface area contributed by atoms with Crippen LogP contribution in [0, 0.1) is 5.82 Å². The molecule has 98 valence electrons. The van der Waals surface area contributed by atoms with Gasteiger partial charge in [0, 0.05) is 43.9 Å². The van der Waals surface area contributed by atoms with Crippen LogP contribution in [0.15, 0.2) is 18.2 Å². The Balaban J connectivity index is 1.93. The molecule has 2 rings (SSSR count). The molecule has 0 aliphatic carbocycles. The maximum absolute atomic E-state index is 13.6. The fourth-order valence-corrected chi connectivity index (χ4v) is 2.31. The van der Waals surface area contributed by atoms with Crippen molar-refractivity contribution >= 4 is 11.6 Å². The van der Waals surface area contributed by atoms with Gasteiger partial charge in [0.15, 0.2) is 0 Å². The number of nitrogens with two attached hydrogens (primary N) is 1. The number of likely N-dealkylation sites (tertiary alicyclic amines) is 1. The first kappa shape index (κ1) is 12.8. The summed E-state index contributed by atoms with van der Waals surface area (Å²) in [5, 5.41) is 2.89. The maximum atomic E-state index is 13.6. The molecule has 3 N–H and O–H groups in total. The summed E-state index contributed by atoms with van der Waals surface area (Å²) < 4.78 is 13.6. The normalized spacial score (nSPS) is 20.0. The molecule has 1 saturated heterocycles. The molecule has 1 aromatic rings. The van der Waals surface area contributed by atoms with Gasteiger partial charge in [0.1, 0.15) is 5.82 Å². The molecule has 1 fully saturated rings. The number of nitrogen functional groups attached to an aromatic ring is 1. The van der Waals surface area contributed by atoms with Gasteiger partial charge in [-0.15, -0.1) is 0 Å². The monoisotopic (exact) mass is 251 g/mol. The van der Waals surface area contributed by atoms with Crippen molar-refractivity contribution in [1.29, 1.82) is 0 Å². The summed E-state index contributed by atoms with van der Waals surface area (Å²) in [5.74, 6) is -0.279. The minimum Gasteiger partial charge on any atom is -0.399 e. The van der Waals surface area contributed by atoms with E-state index in [-0.39, 0.29) is 17.8 Å². The number of carbonyl (C=O) groups is 1. The van der Waals surface area contributed by atoms with Crippen LogP contribution in [-0.2, 0) is 11.3 Å². The number of nitrogens with one attached hydrogen (secondary N) is 1. The third-order valence-electron chi connectivity index (χ3n) is 3.15. The second-order valence-corrected chi connectivity index (χ2v) is 4.77. The summed E-state index contributed by atoms with van der Waals surface area (Å²) in [7, 11) is 0. The molecule has 1 amide bonds. The molecule has 1 atom stereocenters. The van der Waals surface area contributed by atoms with Crippen molar-refractivity contribution in [2.45, 2.75) is 25.9 Å². The van der Waals surface area contributed by atoms with Crippen molar-refractivity contribution < 1.29 is 9.18 Å². The average Bonchev–Trinajstić information content (AvgIpc) is 2.69. The number of anilines is 1. The molecule has 1 heterocycles. The average molecular weight is 251 g/mol. The van der Waals surface area contributed by atoms with Crippen molar-refractivity contribution in [3.8, 4) is 0 Å². The molecular formula is C13H18FN3O. The van der Waals surface area contributed by atoms with E-state index in [0.717, 1.165) is 19.5 Å². The van der Waals surface area contributed by atoms with Crippen molar-refractivity contribution in [3.05, 3.63) is 29.6 Å². The van der Waals surface area contributed by atoms with E-state index >= 15 is 0 Å². The molecule has 0 aromatic heterocycles. The predicted molar refractivity (Wildman–Crippen MR) is 68.3 cm³/mol. The first-order valence-electron chi connectivity index (χ1n) is 6.08. The topological polar surface area (TPSA) is 58.4 Å². The molecule has 5 heteroatoms. The molecule has 1 aliphatic rings. The number of hydrogen-bond donors (Lipinski definition) is 2. The van der Waals surface area contributed by atoms with Crippen LogP contribution in [-0.4, -0.2) is 29.9 Å². The van der Waals surface area contributed by atoms with Gasteiger partial charge in [0.25, 0.3) is 0 Å². The van der Waals surface area contributed by atoms with Gasteiger partial charge in [-0.2, -0.15) is 0 Å². The molecule has 1 aromatic carbocycles. The fourth-order valence-electron chi connectivity index (χ4n) is 2.31. The van der Waals surface area contributed by atoms with E-state index in [4.69, 9.17) is 5.73 Å². The largest absolute Gasteiger partial charge is 0.399 e. The molecule has 0 bridgehead atoms. The molecular weight excluding hydrogens is 233 g/mol. The summed E-state index contributed by atoms with van der Waals surface area (Å²) in [6.45, 7) is 3.71. The summed E-state index contributed by atoms with van der Waals surface area (Å²) in [4.78, 5) is 13.1. The van der Waals surface area contributed by atoms with Crippen molar-refractivity contribution in [3.63, 3.8) is 0 Å². The lowest BCUT2D eigenvalue weighted by atomic mass is 10.2. The van der Waals surface area contributed by atoms with Crippen LogP contribution in [0.2, 0.25) is 0 Å². The second-order valence-electron chi connectivity index (χ2n) is 4.77. The Bertz CT molecular complexity index is 450. The van der Waals surface area contributed by atoms with Gasteiger partial charge in [-0.1, -0.05) is 6.07 Å². The van der Waals surface area contributed by atoms with Crippen LogP contribution in [0.3, 0.4) is 0 Å². The Labute approximate surface area is 106 Å². The van der Waals surface area contributed by atoms with Crippen LogP contribution in [0.1, 0.15) is 18.9 Å². The highest BCUT2D eigenvalue weighted by Crippen LogP contribution is 2.17. The molecule has 1 unspecified atom stereocenters. The summed E-state index contributed by atoms with van der Waals surface area (Å²) >= 11 is 0. The third-order valence-corrected chi connectivity index (χ3v) is 3.15. The van der Waals surface area contributed by atoms with Crippen molar-refractivity contribution in [2.75, 3.05) is 18.8 Å². The van der Waals surface area contributed by atoms with Gasteiger partial charge in [0.05, 0.1) is 0 Å². The number of carbonyl (C=O) groups excluding carboxylic acids is 1. The van der Waals surface area contributed by atoms with E-state index in [9.17, 15) is 9.18 Å². The van der Waals surface area contributed by atoms with Crippen LogP contribution in [0.4, 0.5) is 10.1 Å². The number of amides is 1. The summed E-state index contributed by atoms with van der Waals surface area (Å²) in [6.07, 6.45) is 0.913. The Morgan fingerprint density at radius 1 is 1.61 bits per heavy atom. The Morgan fingerprint density at radius 3 is 3.06 bits per heavy atom. The zero-order valence-corrected chi connectivity index (χ0v) is 10.4. The second kappa shape index (κ2) is 5.35. The van der Waals surface area contributed by atoms with E-state index in [1.54, 1.807) is 12.1 Å². The lowest BCUT2D eigenvalue weighted by Gasteiger charge is -2.17. The number of benzene rings is 1. The first-order chi connectivity index (χ1) is 8.54. The Kier molecular flexibility index (Phi) is 3.81. The SMILES string of the molecule is CC(=O)NC1CCN(Cc2ccc(N)cc2F)C1. The number of hydrogen-bond acceptors (Lipinski definition) is 3. The van der Waals surface area contributed by atoms with Crippen molar-refractivity contribution in [1.82, 2.24) is 10.2 Å². The van der Waals surface area contributed by atoms with E-state index in [0.29, 0.717) is 17.8 Å². The lowest BCUT2D eigenvalue weighted by molar-refractivity contribution is -0.119. The van der Waals surface area contributed by atoms with Gasteiger partial charge in [-0.3, -0.25) is 9.69 Å². The van der Waals surface area contributed by atoms with E-state index in [1.165, 1.54) is 13.0 Å². The number of halogens is 1. The third kappa shape index (κ3) is 3.20. The quantitative estimate of drug-likeness (QED) is 0.791. The zero-order valence-electron chi connectivity index (χ0n) is 10.4. The zero-order chi connectivity index (χ0) is 13.1. The molecule has 4 nitrogen and oxygen atoms in total.